The molecule has 0 atom stereocenters. The van der Waals surface area contributed by atoms with Crippen LogP contribution in [0.2, 0.25) is 0 Å². The molecule has 104 valence electrons. The van der Waals surface area contributed by atoms with E-state index in [1.54, 1.807) is 4.68 Å². The molecular formula is C14H15N3O3. The Morgan fingerprint density at radius 1 is 1.40 bits per heavy atom. The average molecular weight is 273 g/mol. The summed E-state index contributed by atoms with van der Waals surface area (Å²) in [6.45, 7) is 6.42. The van der Waals surface area contributed by atoms with Crippen LogP contribution >= 0.6 is 0 Å². The molecule has 0 radical (unpaired) electrons. The molecule has 1 aliphatic rings. The molecule has 0 unspecified atom stereocenters. The maximum absolute atomic E-state index is 9.43. The Morgan fingerprint density at radius 3 is 2.95 bits per heavy atom. The smallest absolute Gasteiger partial charge is 0.231 e. The molecule has 0 spiro atoms. The lowest BCUT2D eigenvalue weighted by molar-refractivity contribution is 0.174. The molecule has 3 rings (SSSR count). The van der Waals surface area contributed by atoms with E-state index in [9.17, 15) is 5.11 Å². The van der Waals surface area contributed by atoms with Crippen LogP contribution in [0.1, 0.15) is 12.6 Å². The molecular weight excluding hydrogens is 258 g/mol. The summed E-state index contributed by atoms with van der Waals surface area (Å²) in [6.07, 6.45) is 0. The number of fused-ring (bicyclic) bond motifs is 1. The Bertz CT molecular complexity index is 664. The summed E-state index contributed by atoms with van der Waals surface area (Å²) in [5, 5.41) is 17.5. The van der Waals surface area contributed by atoms with Gasteiger partial charge in [-0.05, 0) is 25.1 Å². The molecule has 1 aliphatic heterocycles. The second kappa shape index (κ2) is 4.97. The van der Waals surface area contributed by atoms with Gasteiger partial charge in [0.2, 0.25) is 6.79 Å². The minimum atomic E-state index is -0.167. The predicted octanol–water partition coefficient (Wildman–Crippen LogP) is 1.74. The molecule has 0 bridgehead atoms. The molecule has 20 heavy (non-hydrogen) atoms. The van der Waals surface area contributed by atoms with E-state index in [1.807, 2.05) is 25.1 Å². The Kier molecular flexibility index (Phi) is 3.15. The standard InChI is InChI=1S/C14H15N3O3/c1-9(2)6-17-14(11(7-18)15-16-17)10-3-4-12-13(5-10)20-8-19-12/h3-5,18H,1,6-8H2,2H3. The van der Waals surface area contributed by atoms with Gasteiger partial charge in [0, 0.05) is 5.56 Å². The first-order valence-electron chi connectivity index (χ1n) is 6.26. The number of aromatic nitrogens is 3. The van der Waals surface area contributed by atoms with Gasteiger partial charge in [0.1, 0.15) is 5.69 Å². The predicted molar refractivity (Wildman–Crippen MR) is 72.3 cm³/mol. The fourth-order valence-corrected chi connectivity index (χ4v) is 2.18. The van der Waals surface area contributed by atoms with E-state index in [0.717, 1.165) is 22.6 Å². The molecule has 2 aromatic rings. The summed E-state index contributed by atoms with van der Waals surface area (Å²) in [5.41, 5.74) is 3.14. The Hall–Kier alpha value is -2.34. The monoisotopic (exact) mass is 273 g/mol. The summed E-state index contributed by atoms with van der Waals surface area (Å²) in [5.74, 6) is 1.41. The van der Waals surface area contributed by atoms with Gasteiger partial charge in [-0.3, -0.25) is 0 Å². The van der Waals surface area contributed by atoms with Crippen LogP contribution in [0.4, 0.5) is 0 Å². The van der Waals surface area contributed by atoms with Crippen molar-refractivity contribution in [3.63, 3.8) is 0 Å². The van der Waals surface area contributed by atoms with Crippen molar-refractivity contribution in [3.8, 4) is 22.8 Å². The highest BCUT2D eigenvalue weighted by atomic mass is 16.7. The molecule has 0 saturated carbocycles. The van der Waals surface area contributed by atoms with Crippen molar-refractivity contribution in [2.24, 2.45) is 0 Å². The van der Waals surface area contributed by atoms with Crippen molar-refractivity contribution in [3.05, 3.63) is 36.0 Å². The van der Waals surface area contributed by atoms with Gasteiger partial charge in [-0.1, -0.05) is 17.4 Å². The van der Waals surface area contributed by atoms with Crippen LogP contribution in [0.25, 0.3) is 11.3 Å². The number of aliphatic hydroxyl groups is 1. The summed E-state index contributed by atoms with van der Waals surface area (Å²) in [4.78, 5) is 0. The van der Waals surface area contributed by atoms with Crippen LogP contribution in [0.15, 0.2) is 30.4 Å². The normalized spacial score (nSPS) is 12.7. The number of nitrogens with zero attached hydrogens (tertiary/aromatic N) is 3. The van der Waals surface area contributed by atoms with Crippen LogP contribution in [-0.4, -0.2) is 26.9 Å². The number of ether oxygens (including phenoxy) is 2. The first-order chi connectivity index (χ1) is 9.69. The van der Waals surface area contributed by atoms with E-state index in [0.29, 0.717) is 18.0 Å². The summed E-state index contributed by atoms with van der Waals surface area (Å²) in [7, 11) is 0. The number of benzene rings is 1. The third kappa shape index (κ3) is 2.14. The van der Waals surface area contributed by atoms with Gasteiger partial charge in [-0.2, -0.15) is 0 Å². The van der Waals surface area contributed by atoms with Gasteiger partial charge in [0.15, 0.2) is 11.5 Å². The maximum Gasteiger partial charge on any atom is 0.231 e. The SMILES string of the molecule is C=C(C)Cn1nnc(CO)c1-c1ccc2c(c1)OCO2. The minimum absolute atomic E-state index is 0.167. The third-order valence-corrected chi connectivity index (χ3v) is 3.02. The van der Waals surface area contributed by atoms with E-state index in [-0.39, 0.29) is 13.4 Å². The van der Waals surface area contributed by atoms with E-state index in [2.05, 4.69) is 16.9 Å². The van der Waals surface area contributed by atoms with Gasteiger partial charge >= 0.3 is 0 Å². The van der Waals surface area contributed by atoms with Crippen LogP contribution in [0, 0.1) is 0 Å². The van der Waals surface area contributed by atoms with Crippen LogP contribution in [-0.2, 0) is 13.2 Å². The quantitative estimate of drug-likeness (QED) is 0.859. The molecule has 1 aromatic heterocycles. The molecule has 0 amide bonds. The van der Waals surface area contributed by atoms with Crippen LogP contribution in [0.3, 0.4) is 0 Å². The minimum Gasteiger partial charge on any atom is -0.454 e. The fraction of sp³-hybridized carbons (Fsp3) is 0.286. The second-order valence-electron chi connectivity index (χ2n) is 4.73. The molecule has 1 aromatic carbocycles. The largest absolute Gasteiger partial charge is 0.454 e. The molecule has 1 N–H and O–H groups in total. The van der Waals surface area contributed by atoms with Gasteiger partial charge in [-0.25, -0.2) is 4.68 Å². The van der Waals surface area contributed by atoms with Crippen molar-refractivity contribution in [1.29, 1.82) is 0 Å². The third-order valence-electron chi connectivity index (χ3n) is 3.02. The van der Waals surface area contributed by atoms with Crippen molar-refractivity contribution in [1.82, 2.24) is 15.0 Å². The number of hydrogen-bond donors (Lipinski definition) is 1. The average Bonchev–Trinajstić information content (AvgIpc) is 3.03. The first kappa shape index (κ1) is 12.7. The Labute approximate surface area is 116 Å². The van der Waals surface area contributed by atoms with Crippen molar-refractivity contribution in [2.75, 3.05) is 6.79 Å². The zero-order chi connectivity index (χ0) is 14.1. The number of rotatable bonds is 4. The first-order valence-corrected chi connectivity index (χ1v) is 6.26. The highest BCUT2D eigenvalue weighted by Crippen LogP contribution is 2.36. The molecule has 6 heteroatoms. The lowest BCUT2D eigenvalue weighted by atomic mass is 10.1. The van der Waals surface area contributed by atoms with Gasteiger partial charge in [-0.15, -0.1) is 5.10 Å². The lowest BCUT2D eigenvalue weighted by Gasteiger charge is -2.08. The molecule has 0 saturated heterocycles. The molecule has 6 nitrogen and oxygen atoms in total. The van der Waals surface area contributed by atoms with E-state index >= 15 is 0 Å². The van der Waals surface area contributed by atoms with E-state index in [1.165, 1.54) is 0 Å². The number of hydrogen-bond acceptors (Lipinski definition) is 5. The summed E-state index contributed by atoms with van der Waals surface area (Å²) in [6, 6.07) is 5.62. The van der Waals surface area contributed by atoms with Gasteiger partial charge in [0.05, 0.1) is 18.8 Å². The molecule has 0 aliphatic carbocycles. The fourth-order valence-electron chi connectivity index (χ4n) is 2.18. The number of aliphatic hydroxyl groups excluding tert-OH is 1. The summed E-state index contributed by atoms with van der Waals surface area (Å²) >= 11 is 0. The van der Waals surface area contributed by atoms with Gasteiger partial charge < -0.3 is 14.6 Å². The number of allylic oxidation sites excluding steroid dienone is 1. The zero-order valence-electron chi connectivity index (χ0n) is 11.2. The highest BCUT2D eigenvalue weighted by molar-refractivity contribution is 5.66. The van der Waals surface area contributed by atoms with Crippen LogP contribution in [0.5, 0.6) is 11.5 Å². The second-order valence-corrected chi connectivity index (χ2v) is 4.73. The summed E-state index contributed by atoms with van der Waals surface area (Å²) < 4.78 is 12.4. The Balaban J connectivity index is 2.08. The van der Waals surface area contributed by atoms with Crippen molar-refractivity contribution >= 4 is 0 Å². The van der Waals surface area contributed by atoms with Crippen molar-refractivity contribution < 1.29 is 14.6 Å². The van der Waals surface area contributed by atoms with Gasteiger partial charge in [0.25, 0.3) is 0 Å². The molecule has 2 heterocycles. The maximum atomic E-state index is 9.43. The molecule has 0 fully saturated rings. The topological polar surface area (TPSA) is 69.4 Å². The van der Waals surface area contributed by atoms with E-state index in [4.69, 9.17) is 9.47 Å². The van der Waals surface area contributed by atoms with Crippen molar-refractivity contribution in [2.45, 2.75) is 20.1 Å². The van der Waals surface area contributed by atoms with Crippen LogP contribution < -0.4 is 9.47 Å². The lowest BCUT2D eigenvalue weighted by Crippen LogP contribution is -2.04. The highest BCUT2D eigenvalue weighted by Gasteiger charge is 2.19. The Morgan fingerprint density at radius 2 is 2.20 bits per heavy atom. The zero-order valence-corrected chi connectivity index (χ0v) is 11.2. The van der Waals surface area contributed by atoms with E-state index < -0.39 is 0 Å².